The average molecular weight is 511 g/mol. The van der Waals surface area contributed by atoms with Gasteiger partial charge in [0.2, 0.25) is 0 Å². The van der Waals surface area contributed by atoms with Crippen LogP contribution < -0.4 is 5.30 Å². The average Bonchev–Trinajstić information content (AvgIpc) is 3.31. The number of hydrogen-bond donors (Lipinski definition) is 0. The maximum atomic E-state index is 5.43. The maximum absolute atomic E-state index is 5.43. The summed E-state index contributed by atoms with van der Waals surface area (Å²) in [4.78, 5) is 5.36. The lowest BCUT2D eigenvalue weighted by atomic mass is 9.67. The van der Waals surface area contributed by atoms with Crippen LogP contribution in [0.2, 0.25) is 0 Å². The second-order valence-electron chi connectivity index (χ2n) is 10.1. The Hall–Kier alpha value is -3.87. The summed E-state index contributed by atoms with van der Waals surface area (Å²) in [7, 11) is -1.17. The minimum atomic E-state index is -1.17. The smallest absolute Gasteiger partial charge is 0.151 e. The van der Waals surface area contributed by atoms with Gasteiger partial charge in [-0.1, -0.05) is 139 Å². The van der Waals surface area contributed by atoms with Gasteiger partial charge in [-0.2, -0.15) is 10.00 Å². The van der Waals surface area contributed by atoms with E-state index in [1.807, 2.05) is 0 Å². The summed E-state index contributed by atoms with van der Waals surface area (Å²) in [5.41, 5.74) is 7.83. The molecular formula is C35H31N2P. The van der Waals surface area contributed by atoms with Gasteiger partial charge in [0.15, 0.2) is 5.54 Å². The highest BCUT2D eigenvalue weighted by molar-refractivity contribution is 7.66. The highest BCUT2D eigenvalue weighted by Crippen LogP contribution is 2.75. The first-order valence-electron chi connectivity index (χ1n) is 13.1. The molecule has 3 heteroatoms. The lowest BCUT2D eigenvalue weighted by Crippen LogP contribution is -2.47. The number of hydrogen-bond acceptors (Lipinski definition) is 2. The van der Waals surface area contributed by atoms with Crippen LogP contribution >= 0.6 is 8.07 Å². The second-order valence-corrected chi connectivity index (χ2v) is 12.1. The van der Waals surface area contributed by atoms with Crippen LogP contribution in [0.4, 0.5) is 0 Å². The SMILES string of the molecule is Cc1cc(C)c(P2N=NC(c3ccccc3)(c3ccccc3)C2(c2ccccc2)c2ccccc2)c(C)c1. The molecule has 0 aliphatic carbocycles. The van der Waals surface area contributed by atoms with Gasteiger partial charge in [0.05, 0.1) is 8.07 Å². The minimum absolute atomic E-state index is 0.571. The predicted octanol–water partition coefficient (Wildman–Crippen LogP) is 8.99. The van der Waals surface area contributed by atoms with Crippen molar-refractivity contribution < 1.29 is 0 Å². The minimum Gasteiger partial charge on any atom is -0.172 e. The molecule has 38 heavy (non-hydrogen) atoms. The molecule has 5 aromatic rings. The Morgan fingerprint density at radius 3 is 1.26 bits per heavy atom. The standard InChI is InChI=1S/C35H31N2P/c1-26-24-27(2)33(28(3)25-26)38-35(31-20-12-6-13-21-31,32-22-14-7-15-23-32)34(36-37-38,29-16-8-4-9-17-29)30-18-10-5-11-19-30/h4-25H,1-3H3. The van der Waals surface area contributed by atoms with Gasteiger partial charge in [0, 0.05) is 5.30 Å². The molecule has 1 heterocycles. The summed E-state index contributed by atoms with van der Waals surface area (Å²) in [5.74, 6) is 0. The van der Waals surface area contributed by atoms with Crippen LogP contribution in [0.15, 0.2) is 143 Å². The fourth-order valence-corrected chi connectivity index (χ4v) is 9.35. The first-order valence-corrected chi connectivity index (χ1v) is 14.4. The molecule has 5 aromatic carbocycles. The lowest BCUT2D eigenvalue weighted by molar-refractivity contribution is 0.435. The third kappa shape index (κ3) is 3.59. The van der Waals surface area contributed by atoms with Gasteiger partial charge in [-0.3, -0.25) is 0 Å². The van der Waals surface area contributed by atoms with Gasteiger partial charge in [0.25, 0.3) is 0 Å². The van der Waals surface area contributed by atoms with E-state index in [1.54, 1.807) is 0 Å². The molecule has 1 unspecified atom stereocenters. The molecule has 1 aliphatic heterocycles. The fourth-order valence-electron chi connectivity index (χ4n) is 6.37. The van der Waals surface area contributed by atoms with E-state index in [0.717, 1.165) is 11.1 Å². The van der Waals surface area contributed by atoms with E-state index in [2.05, 4.69) is 154 Å². The Morgan fingerprint density at radius 2 is 0.868 bits per heavy atom. The Bertz CT molecular complexity index is 1480. The highest BCUT2D eigenvalue weighted by Gasteiger charge is 2.65. The Balaban J connectivity index is 1.83. The number of rotatable bonds is 5. The normalized spacial score (nSPS) is 17.4. The van der Waals surface area contributed by atoms with Crippen molar-refractivity contribution in [2.24, 2.45) is 10.00 Å². The van der Waals surface area contributed by atoms with E-state index in [-0.39, 0.29) is 0 Å². The van der Waals surface area contributed by atoms with Gasteiger partial charge in [-0.05, 0) is 54.2 Å². The zero-order valence-electron chi connectivity index (χ0n) is 22.0. The molecule has 0 saturated heterocycles. The van der Waals surface area contributed by atoms with Crippen LogP contribution in [-0.2, 0) is 10.7 Å². The largest absolute Gasteiger partial charge is 0.172 e. The van der Waals surface area contributed by atoms with Crippen molar-refractivity contribution in [1.29, 1.82) is 0 Å². The Labute approximate surface area is 226 Å². The fraction of sp³-hybridized carbons (Fsp3) is 0.143. The number of benzene rings is 5. The van der Waals surface area contributed by atoms with E-state index < -0.39 is 18.8 Å². The number of aryl methyl sites for hydroxylation is 3. The Kier molecular flexibility index (Phi) is 6.30. The summed E-state index contributed by atoms with van der Waals surface area (Å²) in [6.07, 6.45) is 0. The summed E-state index contributed by atoms with van der Waals surface area (Å²) in [6.45, 7) is 6.64. The molecule has 0 bridgehead atoms. The first kappa shape index (κ1) is 24.5. The van der Waals surface area contributed by atoms with Gasteiger partial charge in [-0.25, -0.2) is 0 Å². The van der Waals surface area contributed by atoms with Crippen LogP contribution in [-0.4, -0.2) is 0 Å². The molecule has 1 atom stereocenters. The van der Waals surface area contributed by atoms with E-state index in [1.165, 1.54) is 33.1 Å². The van der Waals surface area contributed by atoms with Gasteiger partial charge >= 0.3 is 0 Å². The number of nitrogens with zero attached hydrogens (tertiary/aromatic N) is 2. The maximum Gasteiger partial charge on any atom is 0.151 e. The monoisotopic (exact) mass is 510 g/mol. The summed E-state index contributed by atoms with van der Waals surface area (Å²) >= 11 is 0. The van der Waals surface area contributed by atoms with E-state index >= 15 is 0 Å². The molecule has 0 radical (unpaired) electrons. The van der Waals surface area contributed by atoms with Crippen LogP contribution in [0.5, 0.6) is 0 Å². The van der Waals surface area contributed by atoms with Gasteiger partial charge in [0.1, 0.15) is 5.16 Å². The van der Waals surface area contributed by atoms with Crippen molar-refractivity contribution in [2.75, 3.05) is 0 Å². The molecule has 0 aromatic heterocycles. The van der Waals surface area contributed by atoms with Crippen LogP contribution in [0.1, 0.15) is 38.9 Å². The van der Waals surface area contributed by atoms with Gasteiger partial charge < -0.3 is 0 Å². The second kappa shape index (κ2) is 9.78. The molecule has 0 spiro atoms. The summed E-state index contributed by atoms with van der Waals surface area (Å²) in [6, 6.07) is 48.1. The molecule has 6 rings (SSSR count). The van der Waals surface area contributed by atoms with Crippen molar-refractivity contribution in [2.45, 2.75) is 31.5 Å². The molecule has 0 amide bonds. The third-order valence-electron chi connectivity index (χ3n) is 7.74. The summed E-state index contributed by atoms with van der Waals surface area (Å²) in [5, 5.41) is 6.17. The summed E-state index contributed by atoms with van der Waals surface area (Å²) < 4.78 is 0. The zero-order valence-corrected chi connectivity index (χ0v) is 22.9. The predicted molar refractivity (Wildman–Crippen MR) is 159 cm³/mol. The van der Waals surface area contributed by atoms with Crippen molar-refractivity contribution >= 4 is 13.4 Å². The van der Waals surface area contributed by atoms with E-state index in [0.29, 0.717) is 0 Å². The van der Waals surface area contributed by atoms with E-state index in [4.69, 9.17) is 10.00 Å². The topological polar surface area (TPSA) is 24.7 Å². The van der Waals surface area contributed by atoms with Crippen molar-refractivity contribution in [3.8, 4) is 0 Å². The molecule has 2 nitrogen and oxygen atoms in total. The van der Waals surface area contributed by atoms with Crippen LogP contribution in [0.3, 0.4) is 0 Å². The van der Waals surface area contributed by atoms with Crippen molar-refractivity contribution in [1.82, 2.24) is 0 Å². The molecule has 186 valence electrons. The Morgan fingerprint density at radius 1 is 0.500 bits per heavy atom. The first-order chi connectivity index (χ1) is 18.6. The van der Waals surface area contributed by atoms with Gasteiger partial charge in [-0.15, -0.1) is 0 Å². The van der Waals surface area contributed by atoms with Crippen molar-refractivity contribution in [3.05, 3.63) is 172 Å². The molecule has 0 N–H and O–H groups in total. The van der Waals surface area contributed by atoms with Crippen molar-refractivity contribution in [3.63, 3.8) is 0 Å². The molecule has 0 fully saturated rings. The third-order valence-corrected chi connectivity index (χ3v) is 10.6. The molecule has 0 saturated carbocycles. The zero-order chi connectivity index (χ0) is 26.2. The molecular weight excluding hydrogens is 479 g/mol. The highest BCUT2D eigenvalue weighted by atomic mass is 31.1. The van der Waals surface area contributed by atoms with E-state index in [9.17, 15) is 0 Å². The molecule has 1 aliphatic rings. The quantitative estimate of drug-likeness (QED) is 0.211. The lowest BCUT2D eigenvalue weighted by Gasteiger charge is -2.47. The van der Waals surface area contributed by atoms with Crippen LogP contribution in [0.25, 0.3) is 0 Å². The van der Waals surface area contributed by atoms with Crippen LogP contribution in [0, 0.1) is 20.8 Å².